The number of nitrogens with two attached hydrogens (primary N) is 1. The molecule has 4 unspecified atom stereocenters. The summed E-state index contributed by atoms with van der Waals surface area (Å²) in [6.07, 6.45) is -0.346. The highest BCUT2D eigenvalue weighted by Gasteiger charge is 2.32. The number of nitrogens with one attached hydrogen (secondary N) is 3. The standard InChI is InChI=1S/C25H38N4O8/c1-13(2)11-19(28-22(33)17(26)12-15-5-7-16(30)8-6-15)23(34)29-21(14(3)4)24(35)27-18(25(36)37)9-10-20(31)32/h5-8,13-14,17-19,21,30H,9-12,26H2,1-4H3,(H,27,35)(H,28,33)(H,29,34)(H,31,32)(H,36,37). The zero-order valence-corrected chi connectivity index (χ0v) is 21.6. The number of phenols is 1. The van der Waals surface area contributed by atoms with Gasteiger partial charge in [0.15, 0.2) is 0 Å². The fraction of sp³-hybridized carbons (Fsp3) is 0.560. The third kappa shape index (κ3) is 11.3. The highest BCUT2D eigenvalue weighted by Crippen LogP contribution is 2.12. The predicted octanol–water partition coefficient (Wildman–Crippen LogP) is 0.368. The molecular formula is C25H38N4O8. The fourth-order valence-electron chi connectivity index (χ4n) is 3.54. The van der Waals surface area contributed by atoms with Crippen molar-refractivity contribution < 1.29 is 39.3 Å². The molecule has 0 aliphatic carbocycles. The van der Waals surface area contributed by atoms with E-state index in [1.807, 2.05) is 13.8 Å². The van der Waals surface area contributed by atoms with Crippen LogP contribution < -0.4 is 21.7 Å². The maximum absolute atomic E-state index is 13.1. The summed E-state index contributed by atoms with van der Waals surface area (Å²) in [4.78, 5) is 60.9. The summed E-state index contributed by atoms with van der Waals surface area (Å²) in [5, 5.41) is 35.1. The number of carboxylic acids is 2. The van der Waals surface area contributed by atoms with E-state index in [1.54, 1.807) is 26.0 Å². The lowest BCUT2D eigenvalue weighted by Crippen LogP contribution is -2.58. The molecule has 1 rings (SSSR count). The van der Waals surface area contributed by atoms with Gasteiger partial charge in [0.25, 0.3) is 0 Å². The molecule has 4 atom stereocenters. The highest BCUT2D eigenvalue weighted by molar-refractivity contribution is 5.94. The van der Waals surface area contributed by atoms with Crippen LogP contribution >= 0.6 is 0 Å². The van der Waals surface area contributed by atoms with Crippen molar-refractivity contribution in [3.8, 4) is 5.75 Å². The Morgan fingerprint density at radius 2 is 1.41 bits per heavy atom. The predicted molar refractivity (Wildman–Crippen MR) is 134 cm³/mol. The van der Waals surface area contributed by atoms with Gasteiger partial charge in [-0.25, -0.2) is 4.79 Å². The molecule has 8 N–H and O–H groups in total. The summed E-state index contributed by atoms with van der Waals surface area (Å²) in [7, 11) is 0. The first kappa shape index (κ1) is 31.4. The van der Waals surface area contributed by atoms with Crippen LogP contribution in [0.1, 0.15) is 52.5 Å². The average molecular weight is 523 g/mol. The third-order valence-corrected chi connectivity index (χ3v) is 5.58. The molecule has 37 heavy (non-hydrogen) atoms. The molecule has 0 bridgehead atoms. The van der Waals surface area contributed by atoms with Crippen molar-refractivity contribution in [2.24, 2.45) is 17.6 Å². The Morgan fingerprint density at radius 3 is 1.89 bits per heavy atom. The van der Waals surface area contributed by atoms with Crippen molar-refractivity contribution in [1.82, 2.24) is 16.0 Å². The lowest BCUT2D eigenvalue weighted by molar-refractivity contribution is -0.143. The maximum atomic E-state index is 13.1. The van der Waals surface area contributed by atoms with Gasteiger partial charge < -0.3 is 37.0 Å². The van der Waals surface area contributed by atoms with Crippen LogP contribution in [0.15, 0.2) is 24.3 Å². The van der Waals surface area contributed by atoms with Gasteiger partial charge in [-0.2, -0.15) is 0 Å². The number of aromatic hydroxyl groups is 1. The summed E-state index contributed by atoms with van der Waals surface area (Å²) >= 11 is 0. The summed E-state index contributed by atoms with van der Waals surface area (Å²) in [5.74, 6) is -4.94. The molecule has 206 valence electrons. The molecule has 1 aromatic rings. The molecule has 0 aromatic heterocycles. The second kappa shape index (κ2) is 14.8. The number of phenolic OH excluding ortho intramolecular Hbond substituents is 1. The Morgan fingerprint density at radius 1 is 0.838 bits per heavy atom. The molecule has 12 heteroatoms. The first-order valence-electron chi connectivity index (χ1n) is 12.1. The topological polar surface area (TPSA) is 208 Å². The molecule has 0 aliphatic rings. The third-order valence-electron chi connectivity index (χ3n) is 5.58. The first-order chi connectivity index (χ1) is 17.2. The van der Waals surface area contributed by atoms with Gasteiger partial charge in [0, 0.05) is 6.42 Å². The van der Waals surface area contributed by atoms with Crippen molar-refractivity contribution in [2.45, 2.75) is 77.5 Å². The minimum Gasteiger partial charge on any atom is -0.508 e. The number of aliphatic carboxylic acids is 2. The summed E-state index contributed by atoms with van der Waals surface area (Å²) in [6, 6.07) is 1.67. The molecule has 0 radical (unpaired) electrons. The Kier molecular flexibility index (Phi) is 12.5. The lowest BCUT2D eigenvalue weighted by Gasteiger charge is -2.27. The van der Waals surface area contributed by atoms with Crippen molar-refractivity contribution in [2.75, 3.05) is 0 Å². The molecule has 0 aliphatic heterocycles. The molecule has 0 fully saturated rings. The molecule has 0 spiro atoms. The van der Waals surface area contributed by atoms with Crippen molar-refractivity contribution in [1.29, 1.82) is 0 Å². The van der Waals surface area contributed by atoms with Crippen LogP contribution in [0.2, 0.25) is 0 Å². The summed E-state index contributed by atoms with van der Waals surface area (Å²) in [5.41, 5.74) is 6.75. The Hall–Kier alpha value is -3.67. The molecule has 3 amide bonds. The van der Waals surface area contributed by atoms with Crippen LogP contribution in [-0.4, -0.2) is 69.1 Å². The van der Waals surface area contributed by atoms with E-state index in [1.165, 1.54) is 12.1 Å². The van der Waals surface area contributed by atoms with Gasteiger partial charge in [-0.15, -0.1) is 0 Å². The number of carbonyl (C=O) groups is 5. The van der Waals surface area contributed by atoms with Gasteiger partial charge in [0.2, 0.25) is 17.7 Å². The number of carboxylic acid groups (broad SMARTS) is 2. The maximum Gasteiger partial charge on any atom is 0.326 e. The number of amides is 3. The van der Waals surface area contributed by atoms with Crippen molar-refractivity contribution in [3.63, 3.8) is 0 Å². The van der Waals surface area contributed by atoms with E-state index < -0.39 is 66.2 Å². The molecule has 12 nitrogen and oxygen atoms in total. The molecule has 0 saturated heterocycles. The number of rotatable bonds is 15. The van der Waals surface area contributed by atoms with Crippen LogP contribution in [0.3, 0.4) is 0 Å². The molecular weight excluding hydrogens is 484 g/mol. The average Bonchev–Trinajstić information content (AvgIpc) is 2.79. The van der Waals surface area contributed by atoms with Gasteiger partial charge in [-0.3, -0.25) is 19.2 Å². The fourth-order valence-corrected chi connectivity index (χ4v) is 3.54. The van der Waals surface area contributed by atoms with E-state index in [0.29, 0.717) is 0 Å². The van der Waals surface area contributed by atoms with E-state index in [0.717, 1.165) is 5.56 Å². The molecule has 0 saturated carbocycles. The van der Waals surface area contributed by atoms with Crippen LogP contribution in [0.5, 0.6) is 5.75 Å². The minimum atomic E-state index is -1.44. The zero-order valence-electron chi connectivity index (χ0n) is 21.6. The smallest absolute Gasteiger partial charge is 0.326 e. The van der Waals surface area contributed by atoms with Gasteiger partial charge in [-0.05, 0) is 48.8 Å². The summed E-state index contributed by atoms with van der Waals surface area (Å²) in [6.45, 7) is 7.02. The van der Waals surface area contributed by atoms with Gasteiger partial charge in [0.1, 0.15) is 23.9 Å². The number of benzene rings is 1. The Labute approximate surface area is 216 Å². The summed E-state index contributed by atoms with van der Waals surface area (Å²) < 4.78 is 0. The monoisotopic (exact) mass is 522 g/mol. The lowest BCUT2D eigenvalue weighted by atomic mass is 9.98. The van der Waals surface area contributed by atoms with E-state index in [2.05, 4.69) is 16.0 Å². The highest BCUT2D eigenvalue weighted by atomic mass is 16.4. The van der Waals surface area contributed by atoms with Crippen molar-refractivity contribution in [3.05, 3.63) is 29.8 Å². The van der Waals surface area contributed by atoms with Crippen LogP contribution in [0.25, 0.3) is 0 Å². The van der Waals surface area contributed by atoms with Gasteiger partial charge in [-0.1, -0.05) is 39.8 Å². The first-order valence-corrected chi connectivity index (χ1v) is 12.1. The number of carbonyl (C=O) groups excluding carboxylic acids is 3. The minimum absolute atomic E-state index is 0.00288. The zero-order chi connectivity index (χ0) is 28.3. The van der Waals surface area contributed by atoms with Crippen LogP contribution in [-0.2, 0) is 30.4 Å². The van der Waals surface area contributed by atoms with E-state index in [4.69, 9.17) is 10.8 Å². The largest absolute Gasteiger partial charge is 0.508 e. The quantitative estimate of drug-likeness (QED) is 0.169. The SMILES string of the molecule is CC(C)CC(NC(=O)C(N)Cc1ccc(O)cc1)C(=O)NC(C(=O)NC(CCC(=O)O)C(=O)O)C(C)C. The Bertz CT molecular complexity index is 949. The molecule has 1 aromatic carbocycles. The molecule has 0 heterocycles. The Balaban J connectivity index is 2.92. The van der Waals surface area contributed by atoms with E-state index in [-0.39, 0.29) is 30.9 Å². The van der Waals surface area contributed by atoms with Gasteiger partial charge >= 0.3 is 11.9 Å². The van der Waals surface area contributed by atoms with E-state index >= 15 is 0 Å². The van der Waals surface area contributed by atoms with Crippen LogP contribution in [0.4, 0.5) is 0 Å². The second-order valence-electron chi connectivity index (χ2n) is 9.73. The number of hydrogen-bond donors (Lipinski definition) is 7. The van der Waals surface area contributed by atoms with Gasteiger partial charge in [0.05, 0.1) is 6.04 Å². The van der Waals surface area contributed by atoms with Crippen LogP contribution in [0, 0.1) is 11.8 Å². The second-order valence-corrected chi connectivity index (χ2v) is 9.73. The number of hydrogen-bond acceptors (Lipinski definition) is 7. The normalized spacial score (nSPS) is 14.4. The van der Waals surface area contributed by atoms with E-state index in [9.17, 15) is 34.2 Å². The van der Waals surface area contributed by atoms with Crippen molar-refractivity contribution >= 4 is 29.7 Å².